The Hall–Kier alpha value is -1.71. The van der Waals surface area contributed by atoms with Gasteiger partial charge in [-0.05, 0) is 31.4 Å². The van der Waals surface area contributed by atoms with Crippen LogP contribution in [0.15, 0.2) is 29.4 Å². The van der Waals surface area contributed by atoms with E-state index in [9.17, 15) is 0 Å². The predicted molar refractivity (Wildman–Crippen MR) is 65.0 cm³/mol. The summed E-state index contributed by atoms with van der Waals surface area (Å²) in [5.41, 5.74) is 8.12. The smallest absolute Gasteiger partial charge is 0.158 e. The van der Waals surface area contributed by atoms with Crippen molar-refractivity contribution in [3.63, 3.8) is 0 Å². The van der Waals surface area contributed by atoms with Crippen LogP contribution in [-0.2, 0) is 6.42 Å². The van der Waals surface area contributed by atoms with Gasteiger partial charge in [-0.25, -0.2) is 0 Å². The van der Waals surface area contributed by atoms with Crippen LogP contribution in [0.4, 0.5) is 5.69 Å². The van der Waals surface area contributed by atoms with E-state index in [-0.39, 0.29) is 5.84 Å². The summed E-state index contributed by atoms with van der Waals surface area (Å²) < 4.78 is 0. The van der Waals surface area contributed by atoms with Gasteiger partial charge >= 0.3 is 0 Å². The average Bonchev–Trinajstić information content (AvgIpc) is 2.32. The third-order valence-electron chi connectivity index (χ3n) is 3.13. The largest absolute Gasteiger partial charge is 0.409 e. The fraction of sp³-hybridized carbons (Fsp3) is 0.417. The van der Waals surface area contributed by atoms with Gasteiger partial charge in [-0.1, -0.05) is 23.4 Å². The molecule has 1 aliphatic heterocycles. The van der Waals surface area contributed by atoms with Crippen molar-refractivity contribution in [3.8, 4) is 0 Å². The van der Waals surface area contributed by atoms with E-state index in [1.54, 1.807) is 0 Å². The number of amidine groups is 1. The molecule has 0 aromatic heterocycles. The summed E-state index contributed by atoms with van der Waals surface area (Å²) in [5, 5.41) is 11.7. The maximum atomic E-state index is 8.64. The minimum Gasteiger partial charge on any atom is -0.409 e. The molecule has 16 heavy (non-hydrogen) atoms. The normalized spacial score (nSPS) is 20.7. The second-order valence-electron chi connectivity index (χ2n) is 4.24. The van der Waals surface area contributed by atoms with Crippen LogP contribution in [0.1, 0.15) is 18.9 Å². The molecular formula is C12H17N3O. The van der Waals surface area contributed by atoms with Crippen LogP contribution in [0.25, 0.3) is 0 Å². The average molecular weight is 219 g/mol. The molecule has 1 aromatic rings. The van der Waals surface area contributed by atoms with E-state index in [2.05, 4.69) is 35.2 Å². The molecule has 0 radical (unpaired) electrons. The Morgan fingerprint density at radius 1 is 1.56 bits per heavy atom. The summed E-state index contributed by atoms with van der Waals surface area (Å²) in [7, 11) is 0. The molecule has 1 aliphatic rings. The standard InChI is InChI=1S/C12H17N3O/c1-9-6-7-10-4-2-3-5-11(10)15(9)8-12(13)14-16/h2-5,9,16H,6-8H2,1H3,(H2,13,14). The first-order valence-electron chi connectivity index (χ1n) is 5.53. The Balaban J connectivity index is 2.29. The summed E-state index contributed by atoms with van der Waals surface area (Å²) in [4.78, 5) is 2.19. The van der Waals surface area contributed by atoms with Gasteiger partial charge in [0.05, 0.1) is 6.54 Å². The van der Waals surface area contributed by atoms with E-state index in [4.69, 9.17) is 10.9 Å². The predicted octanol–water partition coefficient (Wildman–Crippen LogP) is 1.57. The van der Waals surface area contributed by atoms with Crippen molar-refractivity contribution in [1.29, 1.82) is 0 Å². The van der Waals surface area contributed by atoms with Gasteiger partial charge in [0.15, 0.2) is 5.84 Å². The minimum atomic E-state index is 0.253. The highest BCUT2D eigenvalue weighted by Crippen LogP contribution is 2.29. The monoisotopic (exact) mass is 219 g/mol. The van der Waals surface area contributed by atoms with Gasteiger partial charge in [0.1, 0.15) is 0 Å². The number of nitrogens with zero attached hydrogens (tertiary/aromatic N) is 2. The first kappa shape index (κ1) is 10.8. The van der Waals surface area contributed by atoms with Crippen LogP contribution in [0.3, 0.4) is 0 Å². The Morgan fingerprint density at radius 3 is 3.06 bits per heavy atom. The molecule has 0 saturated heterocycles. The first-order valence-corrected chi connectivity index (χ1v) is 5.53. The molecule has 0 amide bonds. The Bertz CT molecular complexity index is 403. The van der Waals surface area contributed by atoms with Crippen LogP contribution in [-0.4, -0.2) is 23.6 Å². The lowest BCUT2D eigenvalue weighted by Crippen LogP contribution is -2.42. The molecule has 0 aliphatic carbocycles. The highest BCUT2D eigenvalue weighted by Gasteiger charge is 2.23. The number of para-hydroxylation sites is 1. The van der Waals surface area contributed by atoms with E-state index in [1.807, 2.05) is 6.07 Å². The fourth-order valence-electron chi connectivity index (χ4n) is 2.21. The van der Waals surface area contributed by atoms with Gasteiger partial charge in [0.2, 0.25) is 0 Å². The zero-order valence-corrected chi connectivity index (χ0v) is 9.43. The van der Waals surface area contributed by atoms with E-state index in [0.717, 1.165) is 12.8 Å². The lowest BCUT2D eigenvalue weighted by Gasteiger charge is -2.36. The van der Waals surface area contributed by atoms with Crippen molar-refractivity contribution in [1.82, 2.24) is 0 Å². The van der Waals surface area contributed by atoms with E-state index in [1.165, 1.54) is 11.3 Å². The number of hydrogen-bond donors (Lipinski definition) is 2. The molecule has 4 heteroatoms. The first-order chi connectivity index (χ1) is 7.72. The number of aryl methyl sites for hydroxylation is 1. The summed E-state index contributed by atoms with van der Waals surface area (Å²) in [6.07, 6.45) is 2.21. The lowest BCUT2D eigenvalue weighted by atomic mass is 9.97. The van der Waals surface area contributed by atoms with E-state index < -0.39 is 0 Å². The van der Waals surface area contributed by atoms with E-state index in [0.29, 0.717) is 12.6 Å². The third-order valence-corrected chi connectivity index (χ3v) is 3.13. The molecular weight excluding hydrogens is 202 g/mol. The Labute approximate surface area is 95.4 Å². The molecule has 3 N–H and O–H groups in total. The van der Waals surface area contributed by atoms with Crippen molar-refractivity contribution < 1.29 is 5.21 Å². The maximum absolute atomic E-state index is 8.64. The van der Waals surface area contributed by atoms with Crippen LogP contribution in [0, 0.1) is 0 Å². The Morgan fingerprint density at radius 2 is 2.31 bits per heavy atom. The van der Waals surface area contributed by atoms with E-state index >= 15 is 0 Å². The van der Waals surface area contributed by atoms with Gasteiger partial charge in [0.25, 0.3) is 0 Å². The molecule has 1 aromatic carbocycles. The number of nitrogens with two attached hydrogens (primary N) is 1. The van der Waals surface area contributed by atoms with Crippen molar-refractivity contribution >= 4 is 11.5 Å². The summed E-state index contributed by atoms with van der Waals surface area (Å²) in [6.45, 7) is 2.65. The highest BCUT2D eigenvalue weighted by molar-refractivity contribution is 5.85. The zero-order valence-electron chi connectivity index (χ0n) is 9.43. The van der Waals surface area contributed by atoms with Crippen molar-refractivity contribution in [2.45, 2.75) is 25.8 Å². The lowest BCUT2D eigenvalue weighted by molar-refractivity contribution is 0.317. The fourth-order valence-corrected chi connectivity index (χ4v) is 2.21. The molecule has 4 nitrogen and oxygen atoms in total. The number of oxime groups is 1. The topological polar surface area (TPSA) is 61.8 Å². The second kappa shape index (κ2) is 4.43. The highest BCUT2D eigenvalue weighted by atomic mass is 16.4. The van der Waals surface area contributed by atoms with Gasteiger partial charge in [-0.2, -0.15) is 0 Å². The van der Waals surface area contributed by atoms with Gasteiger partial charge in [-0.3, -0.25) is 0 Å². The van der Waals surface area contributed by atoms with Crippen LogP contribution < -0.4 is 10.6 Å². The summed E-state index contributed by atoms with van der Waals surface area (Å²) in [5.74, 6) is 0.253. The number of fused-ring (bicyclic) bond motifs is 1. The van der Waals surface area contributed by atoms with Gasteiger partial charge in [-0.15, -0.1) is 0 Å². The van der Waals surface area contributed by atoms with Crippen LogP contribution >= 0.6 is 0 Å². The summed E-state index contributed by atoms with van der Waals surface area (Å²) in [6, 6.07) is 8.73. The van der Waals surface area contributed by atoms with Crippen LogP contribution in [0.2, 0.25) is 0 Å². The SMILES string of the molecule is CC1CCc2ccccc2N1C/C(N)=N/O. The van der Waals surface area contributed by atoms with Crippen LogP contribution in [0.5, 0.6) is 0 Å². The summed E-state index contributed by atoms with van der Waals surface area (Å²) >= 11 is 0. The van der Waals surface area contributed by atoms with Gasteiger partial charge < -0.3 is 15.8 Å². The minimum absolute atomic E-state index is 0.253. The quantitative estimate of drug-likeness (QED) is 0.343. The molecule has 0 fully saturated rings. The Kier molecular flexibility index (Phi) is 2.99. The van der Waals surface area contributed by atoms with Crippen molar-refractivity contribution in [2.75, 3.05) is 11.4 Å². The second-order valence-corrected chi connectivity index (χ2v) is 4.24. The molecule has 0 bridgehead atoms. The number of hydrogen-bond acceptors (Lipinski definition) is 3. The third kappa shape index (κ3) is 1.96. The van der Waals surface area contributed by atoms with Crippen molar-refractivity contribution in [3.05, 3.63) is 29.8 Å². The molecule has 86 valence electrons. The van der Waals surface area contributed by atoms with Crippen molar-refractivity contribution in [2.24, 2.45) is 10.9 Å². The molecule has 1 unspecified atom stereocenters. The van der Waals surface area contributed by atoms with Gasteiger partial charge in [0, 0.05) is 11.7 Å². The molecule has 0 spiro atoms. The maximum Gasteiger partial charge on any atom is 0.158 e. The molecule has 1 atom stereocenters. The molecule has 0 saturated carbocycles. The number of rotatable bonds is 2. The number of benzene rings is 1. The zero-order chi connectivity index (χ0) is 11.5. The molecule has 2 rings (SSSR count). The molecule has 1 heterocycles. The number of anilines is 1.